The zero-order valence-electron chi connectivity index (χ0n) is 10.7. The second-order valence-electron chi connectivity index (χ2n) is 4.67. The maximum atomic E-state index is 11.9. The van der Waals surface area contributed by atoms with E-state index in [1.807, 2.05) is 24.4 Å². The van der Waals surface area contributed by atoms with Crippen LogP contribution >= 0.6 is 11.3 Å². The van der Waals surface area contributed by atoms with Crippen molar-refractivity contribution >= 4 is 27.1 Å². The lowest BCUT2D eigenvalue weighted by Crippen LogP contribution is -2.29. The predicted molar refractivity (Wildman–Crippen MR) is 76.5 cm³/mol. The second kappa shape index (κ2) is 5.88. The van der Waals surface area contributed by atoms with E-state index in [-0.39, 0.29) is 30.0 Å². The van der Waals surface area contributed by atoms with Gasteiger partial charge < -0.3 is 5.32 Å². The van der Waals surface area contributed by atoms with Gasteiger partial charge >= 0.3 is 0 Å². The summed E-state index contributed by atoms with van der Waals surface area (Å²) in [6.45, 7) is 2.02. The molecular weight excluding hydrogens is 282 g/mol. The van der Waals surface area contributed by atoms with E-state index in [1.54, 1.807) is 17.4 Å². The van der Waals surface area contributed by atoms with Gasteiger partial charge in [0.1, 0.15) is 0 Å². The van der Waals surface area contributed by atoms with Crippen molar-refractivity contribution in [2.24, 2.45) is 5.92 Å². The highest BCUT2D eigenvalue weighted by molar-refractivity contribution is 7.94. The number of hydrogen-bond donors (Lipinski definition) is 1. The summed E-state index contributed by atoms with van der Waals surface area (Å²) < 4.78 is 22.5. The van der Waals surface area contributed by atoms with Crippen LogP contribution in [0.3, 0.4) is 0 Å². The minimum atomic E-state index is -3.08. The summed E-state index contributed by atoms with van der Waals surface area (Å²) in [5, 5.41) is 6.16. The summed E-state index contributed by atoms with van der Waals surface area (Å²) in [5.74, 6) is -0.228. The lowest BCUT2D eigenvalue weighted by Gasteiger charge is -2.16. The third-order valence-electron chi connectivity index (χ3n) is 3.08. The molecule has 6 heteroatoms. The lowest BCUT2D eigenvalue weighted by atomic mass is 10.1. The van der Waals surface area contributed by atoms with Crippen LogP contribution in [0.5, 0.6) is 0 Å². The number of carbonyl (C=O) groups excluding carboxylic acids is 1. The normalized spacial score (nSPS) is 22.3. The smallest absolute Gasteiger partial charge is 0.221 e. The second-order valence-corrected chi connectivity index (χ2v) is 7.58. The summed E-state index contributed by atoms with van der Waals surface area (Å²) in [6.07, 6.45) is 2.67. The average molecular weight is 299 g/mol. The number of hydrogen-bond acceptors (Lipinski definition) is 4. The molecule has 1 aliphatic heterocycles. The fourth-order valence-electron chi connectivity index (χ4n) is 2.12. The third-order valence-corrected chi connectivity index (χ3v) is 5.53. The Bertz CT molecular complexity index is 561. The van der Waals surface area contributed by atoms with Crippen molar-refractivity contribution in [3.63, 3.8) is 0 Å². The largest absolute Gasteiger partial charge is 0.348 e. The number of allylic oxidation sites excluding steroid dienone is 1. The Morgan fingerprint density at radius 2 is 2.37 bits per heavy atom. The Hall–Kier alpha value is -1.14. The molecule has 1 aromatic rings. The van der Waals surface area contributed by atoms with Gasteiger partial charge in [0.05, 0.1) is 11.8 Å². The van der Waals surface area contributed by atoms with Crippen LogP contribution in [0.15, 0.2) is 29.0 Å². The molecule has 1 N–H and O–H groups in total. The molecule has 0 saturated heterocycles. The van der Waals surface area contributed by atoms with Crippen LogP contribution in [0.2, 0.25) is 0 Å². The van der Waals surface area contributed by atoms with Gasteiger partial charge in [-0.05, 0) is 17.9 Å². The maximum Gasteiger partial charge on any atom is 0.221 e. The third kappa shape index (κ3) is 3.91. The molecule has 0 aromatic carbocycles. The van der Waals surface area contributed by atoms with Gasteiger partial charge in [-0.2, -0.15) is 0 Å². The first-order chi connectivity index (χ1) is 9.00. The van der Waals surface area contributed by atoms with Crippen LogP contribution in [-0.4, -0.2) is 20.1 Å². The molecule has 104 valence electrons. The van der Waals surface area contributed by atoms with E-state index < -0.39 is 9.84 Å². The Kier molecular flexibility index (Phi) is 4.42. The standard InChI is InChI=1S/C13H17NO3S2/c1-2-11(12-4-3-6-18-12)14-13(15)8-10-5-7-19(16,17)9-10/h3-7,10-11H,2,8-9H2,1H3,(H,14,15)/t10-,11-/m1/s1. The molecule has 2 atom stereocenters. The molecule has 0 fully saturated rings. The van der Waals surface area contributed by atoms with E-state index in [9.17, 15) is 13.2 Å². The van der Waals surface area contributed by atoms with Crippen LogP contribution in [0.1, 0.15) is 30.7 Å². The molecule has 0 radical (unpaired) electrons. The molecule has 0 unspecified atom stereocenters. The van der Waals surface area contributed by atoms with Crippen molar-refractivity contribution in [1.82, 2.24) is 5.32 Å². The van der Waals surface area contributed by atoms with E-state index in [1.165, 1.54) is 5.41 Å². The highest BCUT2D eigenvalue weighted by Gasteiger charge is 2.24. The Labute approximate surface area is 117 Å². The van der Waals surface area contributed by atoms with Gasteiger partial charge in [0.2, 0.25) is 5.91 Å². The Balaban J connectivity index is 1.89. The summed E-state index contributed by atoms with van der Waals surface area (Å²) in [7, 11) is -3.08. The lowest BCUT2D eigenvalue weighted by molar-refractivity contribution is -0.122. The highest BCUT2D eigenvalue weighted by Crippen LogP contribution is 2.23. The van der Waals surface area contributed by atoms with E-state index in [2.05, 4.69) is 5.32 Å². The van der Waals surface area contributed by atoms with Gasteiger partial charge in [0, 0.05) is 22.6 Å². The van der Waals surface area contributed by atoms with Crippen molar-refractivity contribution in [2.45, 2.75) is 25.8 Å². The number of thiophene rings is 1. The van der Waals surface area contributed by atoms with Gasteiger partial charge in [-0.1, -0.05) is 19.1 Å². The van der Waals surface area contributed by atoms with Crippen molar-refractivity contribution in [1.29, 1.82) is 0 Å². The van der Waals surface area contributed by atoms with Gasteiger partial charge in [-0.3, -0.25) is 4.79 Å². The first-order valence-electron chi connectivity index (χ1n) is 6.24. The topological polar surface area (TPSA) is 63.2 Å². The minimum Gasteiger partial charge on any atom is -0.348 e. The van der Waals surface area contributed by atoms with Gasteiger partial charge in [-0.15, -0.1) is 11.3 Å². The predicted octanol–water partition coefficient (Wildman–Crippen LogP) is 2.26. The summed E-state index contributed by atoms with van der Waals surface area (Å²) in [5.41, 5.74) is 0. The Morgan fingerprint density at radius 1 is 1.58 bits per heavy atom. The first kappa shape index (κ1) is 14.3. The molecule has 0 bridgehead atoms. The molecule has 0 spiro atoms. The van der Waals surface area contributed by atoms with Crippen LogP contribution in [0, 0.1) is 5.92 Å². The molecule has 1 aromatic heterocycles. The van der Waals surface area contributed by atoms with E-state index in [0.717, 1.165) is 11.3 Å². The first-order valence-corrected chi connectivity index (χ1v) is 8.83. The average Bonchev–Trinajstić information content (AvgIpc) is 2.96. The fourth-order valence-corrected chi connectivity index (χ4v) is 4.38. The quantitative estimate of drug-likeness (QED) is 0.907. The van der Waals surface area contributed by atoms with E-state index in [0.29, 0.717) is 0 Å². The summed E-state index contributed by atoms with van der Waals surface area (Å²) in [6, 6.07) is 3.98. The van der Waals surface area contributed by atoms with E-state index in [4.69, 9.17) is 0 Å². The molecule has 4 nitrogen and oxygen atoms in total. The molecule has 0 saturated carbocycles. The molecule has 19 heavy (non-hydrogen) atoms. The van der Waals surface area contributed by atoms with Crippen LogP contribution in [0.4, 0.5) is 0 Å². The molecule has 1 aliphatic rings. The van der Waals surface area contributed by atoms with Crippen LogP contribution in [-0.2, 0) is 14.6 Å². The number of amides is 1. The summed E-state index contributed by atoms with van der Waals surface area (Å²) >= 11 is 1.62. The highest BCUT2D eigenvalue weighted by atomic mass is 32.2. The van der Waals surface area contributed by atoms with Crippen molar-refractivity contribution < 1.29 is 13.2 Å². The van der Waals surface area contributed by atoms with Crippen molar-refractivity contribution in [2.75, 3.05) is 5.75 Å². The number of carbonyl (C=O) groups is 1. The molecule has 2 heterocycles. The van der Waals surface area contributed by atoms with Crippen LogP contribution in [0.25, 0.3) is 0 Å². The summed E-state index contributed by atoms with van der Waals surface area (Å²) in [4.78, 5) is 13.1. The molecule has 0 aliphatic carbocycles. The fraction of sp³-hybridized carbons (Fsp3) is 0.462. The monoisotopic (exact) mass is 299 g/mol. The van der Waals surface area contributed by atoms with Crippen LogP contribution < -0.4 is 5.32 Å². The number of sulfone groups is 1. The minimum absolute atomic E-state index is 0.0227. The van der Waals surface area contributed by atoms with Crippen molar-refractivity contribution in [3.8, 4) is 0 Å². The number of rotatable bonds is 5. The van der Waals surface area contributed by atoms with Gasteiger partial charge in [-0.25, -0.2) is 8.42 Å². The van der Waals surface area contributed by atoms with E-state index >= 15 is 0 Å². The zero-order valence-corrected chi connectivity index (χ0v) is 12.3. The molecular formula is C13H17NO3S2. The van der Waals surface area contributed by atoms with Crippen molar-refractivity contribution in [3.05, 3.63) is 33.9 Å². The molecule has 1 amide bonds. The maximum absolute atomic E-state index is 11.9. The zero-order chi connectivity index (χ0) is 13.9. The Morgan fingerprint density at radius 3 is 2.89 bits per heavy atom. The van der Waals surface area contributed by atoms with Gasteiger partial charge in [0.15, 0.2) is 9.84 Å². The SMILES string of the molecule is CC[C@@H](NC(=O)C[C@H]1C=CS(=O)(=O)C1)c1cccs1. The number of nitrogens with one attached hydrogen (secondary N) is 1. The van der Waals surface area contributed by atoms with Gasteiger partial charge in [0.25, 0.3) is 0 Å². The molecule has 2 rings (SSSR count).